The summed E-state index contributed by atoms with van der Waals surface area (Å²) in [4.78, 5) is 203. The minimum Gasteiger partial charge on any atom is -0.480 e. The number of aliphatic hydroxyl groups is 1. The third kappa shape index (κ3) is 40.8. The molecule has 12 atom stereocenters. The molecule has 0 aliphatic rings. The molecule has 43 heteroatoms. The lowest BCUT2D eigenvalue weighted by molar-refractivity contribution is -0.143. The summed E-state index contributed by atoms with van der Waals surface area (Å²) in [6, 6.07) is -9.17. The first-order valence-electron chi connectivity index (χ1n) is 36.3. The predicted octanol–water partition coefficient (Wildman–Crippen LogP) is -9.01. The number of unbranched alkanes of at least 4 members (excludes halogenated alkanes) is 2. The van der Waals surface area contributed by atoms with E-state index in [4.69, 9.17) is 62.1 Å². The first-order chi connectivity index (χ1) is 51.8. The zero-order chi connectivity index (χ0) is 83.2. The highest BCUT2D eigenvalue weighted by atomic mass is 16.4. The van der Waals surface area contributed by atoms with Gasteiger partial charge in [-0.3, -0.25) is 83.4 Å². The van der Waals surface area contributed by atoms with Crippen LogP contribution < -0.4 is 126 Å². The van der Waals surface area contributed by atoms with E-state index in [0.717, 1.165) is 0 Å². The number of amides is 14. The van der Waals surface area contributed by atoms with Crippen LogP contribution in [0.15, 0.2) is 30.3 Å². The van der Waals surface area contributed by atoms with Crippen molar-refractivity contribution < 1.29 is 82.1 Å². The van der Waals surface area contributed by atoms with E-state index in [0.29, 0.717) is 24.8 Å². The minimum absolute atomic E-state index is 0.00774. The SMILES string of the molecule is CC(C)C[C@H](NC(=O)[C@H](CO)NC(=O)CNC(=O)[C@H](CCCCN)NC(=O)[C@H](CCCNC(=N)N)NC(=O)[C@H](C)NC(=O)[C@H](Cc1ccccc1)NC(=O)[C@@H](N)CCCNC(=N)N)C(=O)N[C@@H](CCCNC(=N)N)C(=O)N[C@@H](CCC(N)=O)C(=O)N[C@@H](CCCCN)C(=O)N[C@@H](CC(N)=O)C(=O)N[C@H](C(=O)O)C(C)C. The molecule has 0 aliphatic heterocycles. The highest BCUT2D eigenvalue weighted by Gasteiger charge is 2.37. The summed E-state index contributed by atoms with van der Waals surface area (Å²) in [5.41, 5.74) is 45.4. The monoisotopic (exact) mass is 1560 g/mol. The number of nitrogens with one attached hydrogen (secondary N) is 18. The summed E-state index contributed by atoms with van der Waals surface area (Å²) >= 11 is 0. The average molecular weight is 1560 g/mol. The summed E-state index contributed by atoms with van der Waals surface area (Å²) in [6.45, 7) is 6.32. The van der Waals surface area contributed by atoms with E-state index in [1.807, 2.05) is 0 Å². The first kappa shape index (κ1) is 96.9. The van der Waals surface area contributed by atoms with Crippen LogP contribution in [0.25, 0.3) is 0 Å². The van der Waals surface area contributed by atoms with Crippen molar-refractivity contribution in [2.75, 3.05) is 45.9 Å². The van der Waals surface area contributed by atoms with Crippen LogP contribution in [0.5, 0.6) is 0 Å². The molecule has 0 unspecified atom stereocenters. The van der Waals surface area contributed by atoms with E-state index in [9.17, 15) is 82.1 Å². The molecular formula is C67H118N26O17. The lowest BCUT2D eigenvalue weighted by Gasteiger charge is -2.28. The molecule has 0 radical (unpaired) electrons. The lowest BCUT2D eigenvalue weighted by Crippen LogP contribution is -2.60. The second-order valence-corrected chi connectivity index (χ2v) is 26.9. The molecule has 1 aromatic carbocycles. The van der Waals surface area contributed by atoms with Gasteiger partial charge in [0.1, 0.15) is 66.5 Å². The fraction of sp³-hybridized carbons (Fsp3) is 0.642. The number of carbonyl (C=O) groups excluding carboxylic acids is 14. The van der Waals surface area contributed by atoms with E-state index in [2.05, 4.69) is 79.8 Å². The van der Waals surface area contributed by atoms with E-state index in [-0.39, 0.29) is 121 Å². The topological polar surface area (TPSA) is 757 Å². The molecule has 0 saturated carbocycles. The molecule has 0 bridgehead atoms. The Bertz CT molecular complexity index is 3240. The Balaban J connectivity index is 3.51. The highest BCUT2D eigenvalue weighted by Crippen LogP contribution is 2.13. The molecule has 0 aromatic heterocycles. The maximum atomic E-state index is 14.4. The smallest absolute Gasteiger partial charge is 0.326 e. The number of carboxylic acid groups (broad SMARTS) is 1. The second-order valence-electron chi connectivity index (χ2n) is 26.9. The average Bonchev–Trinajstić information content (AvgIpc) is 0.857. The molecule has 14 amide bonds. The van der Waals surface area contributed by atoms with Crippen LogP contribution in [0.1, 0.15) is 143 Å². The molecule has 1 rings (SSSR count). The molecular weight excluding hydrogens is 1440 g/mol. The number of guanidine groups is 3. The second kappa shape index (κ2) is 52.9. The van der Waals surface area contributed by atoms with Gasteiger partial charge in [-0.2, -0.15) is 0 Å². The van der Waals surface area contributed by atoms with Crippen LogP contribution in [0.2, 0.25) is 0 Å². The summed E-state index contributed by atoms with van der Waals surface area (Å²) in [6.07, 6.45) is -0.790. The van der Waals surface area contributed by atoms with Crippen LogP contribution in [-0.4, -0.2) is 235 Å². The molecule has 0 heterocycles. The van der Waals surface area contributed by atoms with Gasteiger partial charge in [-0.15, -0.1) is 0 Å². The van der Waals surface area contributed by atoms with E-state index >= 15 is 0 Å². The van der Waals surface area contributed by atoms with Crippen molar-refractivity contribution in [1.29, 1.82) is 16.2 Å². The van der Waals surface area contributed by atoms with Gasteiger partial charge in [-0.25, -0.2) is 4.79 Å². The summed E-state index contributed by atoms with van der Waals surface area (Å²) in [5, 5.41) is 80.0. The first-order valence-corrected chi connectivity index (χ1v) is 36.3. The molecule has 110 heavy (non-hydrogen) atoms. The van der Waals surface area contributed by atoms with Gasteiger partial charge in [0.05, 0.1) is 25.6 Å². The van der Waals surface area contributed by atoms with Crippen molar-refractivity contribution in [3.8, 4) is 0 Å². The molecule has 618 valence electrons. The van der Waals surface area contributed by atoms with Crippen molar-refractivity contribution in [3.63, 3.8) is 0 Å². The maximum absolute atomic E-state index is 14.4. The van der Waals surface area contributed by atoms with Crippen molar-refractivity contribution >= 4 is 107 Å². The standard InChI is InChI=1S/C67H118N26O17/c1-35(2)30-45(61(106)88-43(22-15-29-81-67(77)78)57(102)89-44(23-24-49(71)95)59(104)87-41(20-10-12-26-69)58(103)92-47(32-50(72)96)62(107)93-52(36(3)4)64(109)110)91-63(108)48(34-94)84-51(97)33-82-55(100)40(19-9-11-25-68)86-56(101)42(21-14-28-80-66(75)76)85-53(98)37(5)83-60(105)46(31-38-16-7-6-8-17-38)90-54(99)39(70)18-13-27-79-65(73)74/h6-8,16-17,35-37,39-48,52,94H,9-15,18-34,68-70H2,1-5H3,(H2,71,95)(H2,72,96)(H,82,100)(H,83,105)(H,84,97)(H,85,98)(H,86,101)(H,87,104)(H,88,106)(H,89,102)(H,90,99)(H,91,108)(H,92,103)(H,93,107)(H,109,110)(H4,73,74,79)(H4,75,76,80)(H4,77,78,81)/t37-,39-,40-,41-,42-,43-,44-,45-,46-,47-,48-,52-/m0/s1. The number of carbonyl (C=O) groups is 15. The van der Waals surface area contributed by atoms with Gasteiger partial charge in [-0.1, -0.05) is 58.0 Å². The summed E-state index contributed by atoms with van der Waals surface area (Å²) in [7, 11) is 0. The molecule has 1 aromatic rings. The van der Waals surface area contributed by atoms with Crippen LogP contribution >= 0.6 is 0 Å². The van der Waals surface area contributed by atoms with E-state index in [1.54, 1.807) is 44.2 Å². The third-order valence-corrected chi connectivity index (χ3v) is 16.6. The normalized spacial score (nSPS) is 14.2. The van der Waals surface area contributed by atoms with Crippen molar-refractivity contribution in [1.82, 2.24) is 79.8 Å². The Labute approximate surface area is 638 Å². The van der Waals surface area contributed by atoms with Crippen molar-refractivity contribution in [2.24, 2.45) is 57.7 Å². The predicted molar refractivity (Wildman–Crippen MR) is 403 cm³/mol. The van der Waals surface area contributed by atoms with Crippen molar-refractivity contribution in [3.05, 3.63) is 35.9 Å². The largest absolute Gasteiger partial charge is 0.480 e. The van der Waals surface area contributed by atoms with Crippen LogP contribution in [0.3, 0.4) is 0 Å². The van der Waals surface area contributed by atoms with E-state index in [1.165, 1.54) is 20.8 Å². The van der Waals surface area contributed by atoms with Gasteiger partial charge in [0, 0.05) is 32.5 Å². The Hall–Kier alpha value is -11.1. The molecule has 0 saturated heterocycles. The molecule has 0 fully saturated rings. The van der Waals surface area contributed by atoms with Crippen molar-refractivity contribution in [2.45, 2.75) is 216 Å². The Kier molecular flexibility index (Phi) is 46.6. The van der Waals surface area contributed by atoms with Gasteiger partial charge in [0.25, 0.3) is 0 Å². The Morgan fingerprint density at radius 1 is 0.409 bits per heavy atom. The van der Waals surface area contributed by atoms with Crippen LogP contribution in [-0.2, 0) is 78.3 Å². The number of aliphatic hydroxyl groups excluding tert-OH is 1. The quantitative estimate of drug-likeness (QED) is 0.0164. The number of aliphatic carboxylic acids is 1. The van der Waals surface area contributed by atoms with Gasteiger partial charge in [-0.05, 0) is 127 Å². The molecule has 43 nitrogen and oxygen atoms in total. The minimum atomic E-state index is -1.80. The Morgan fingerprint density at radius 2 is 0.800 bits per heavy atom. The van der Waals surface area contributed by atoms with Gasteiger partial charge >= 0.3 is 5.97 Å². The van der Waals surface area contributed by atoms with E-state index < -0.39 is 205 Å². The number of nitrogens with two attached hydrogens (primary N) is 8. The lowest BCUT2D eigenvalue weighted by atomic mass is 10.0. The number of hydrogen-bond acceptors (Lipinski definition) is 22. The van der Waals surface area contributed by atoms with Gasteiger partial charge in [0.15, 0.2) is 17.9 Å². The maximum Gasteiger partial charge on any atom is 0.326 e. The fourth-order valence-electron chi connectivity index (χ4n) is 10.6. The molecule has 0 aliphatic carbocycles. The number of benzene rings is 1. The number of rotatable bonds is 56. The van der Waals surface area contributed by atoms with Gasteiger partial charge in [0.2, 0.25) is 82.7 Å². The zero-order valence-electron chi connectivity index (χ0n) is 63.1. The van der Waals surface area contributed by atoms with Crippen LogP contribution in [0.4, 0.5) is 0 Å². The number of hydrogen-bond donors (Lipinski definition) is 28. The summed E-state index contributed by atoms with van der Waals surface area (Å²) < 4.78 is 0. The third-order valence-electron chi connectivity index (χ3n) is 16.6. The zero-order valence-corrected chi connectivity index (χ0v) is 63.1. The number of primary amides is 2. The Morgan fingerprint density at radius 3 is 1.23 bits per heavy atom. The molecule has 36 N–H and O–H groups in total. The molecule has 0 spiro atoms. The summed E-state index contributed by atoms with van der Waals surface area (Å²) in [5.74, 6) is -17.2. The highest BCUT2D eigenvalue weighted by molar-refractivity contribution is 6.00. The van der Waals surface area contributed by atoms with Crippen LogP contribution in [0, 0.1) is 28.1 Å². The number of carboxylic acids is 1. The van der Waals surface area contributed by atoms with Gasteiger partial charge < -0.3 is 136 Å². The fourth-order valence-corrected chi connectivity index (χ4v) is 10.6.